The van der Waals surface area contributed by atoms with Crippen molar-refractivity contribution < 1.29 is 4.79 Å². The highest BCUT2D eigenvalue weighted by Gasteiger charge is 2.21. The van der Waals surface area contributed by atoms with Crippen molar-refractivity contribution in [2.24, 2.45) is 0 Å². The second-order valence-corrected chi connectivity index (χ2v) is 11.0. The largest absolute Gasteiger partial charge is 0.338 e. The van der Waals surface area contributed by atoms with E-state index in [9.17, 15) is 9.59 Å². The lowest BCUT2D eigenvalue weighted by atomic mass is 10.2. The van der Waals surface area contributed by atoms with E-state index in [0.717, 1.165) is 38.7 Å². The van der Waals surface area contributed by atoms with E-state index in [0.29, 0.717) is 36.8 Å². The molecule has 0 spiro atoms. The van der Waals surface area contributed by atoms with Gasteiger partial charge < -0.3 is 9.88 Å². The Labute approximate surface area is 186 Å². The summed E-state index contributed by atoms with van der Waals surface area (Å²) in [4.78, 5) is 37.7. The van der Waals surface area contributed by atoms with Crippen LogP contribution in [0.3, 0.4) is 0 Å². The van der Waals surface area contributed by atoms with Crippen molar-refractivity contribution in [1.29, 1.82) is 0 Å². The molecule has 3 heterocycles. The third-order valence-electron chi connectivity index (χ3n) is 5.03. The van der Waals surface area contributed by atoms with E-state index in [-0.39, 0.29) is 11.5 Å². The van der Waals surface area contributed by atoms with Crippen molar-refractivity contribution in [1.82, 2.24) is 14.9 Å². The Morgan fingerprint density at radius 2 is 2.21 bits per heavy atom. The maximum atomic E-state index is 12.5. The van der Waals surface area contributed by atoms with Crippen LogP contribution in [0.2, 0.25) is 4.34 Å². The Morgan fingerprint density at radius 3 is 2.97 bits per heavy atom. The number of carbonyl (C=O) groups is 1. The first-order chi connectivity index (χ1) is 14.0. The number of aromatic amines is 1. The minimum absolute atomic E-state index is 0.0205. The van der Waals surface area contributed by atoms with Gasteiger partial charge in [0.05, 0.1) is 22.0 Å². The van der Waals surface area contributed by atoms with Crippen LogP contribution in [0.15, 0.2) is 16.9 Å². The van der Waals surface area contributed by atoms with Gasteiger partial charge >= 0.3 is 0 Å². The molecule has 0 fully saturated rings. The first-order valence-corrected chi connectivity index (χ1v) is 12.8. The second-order valence-electron chi connectivity index (χ2n) is 6.97. The van der Waals surface area contributed by atoms with E-state index >= 15 is 0 Å². The molecule has 0 saturated heterocycles. The highest BCUT2D eigenvalue weighted by Crippen LogP contribution is 2.34. The standard InChI is InChI=1S/C20H22ClN3O2S3/c1-2-24(10-12-6-7-15(21)28-12)17(25)8-9-27-11-16-22-19(26)18-13-4-3-5-14(13)29-20(18)23-16/h6-7H,2-5,8-11H2,1H3,(H,22,23,26). The lowest BCUT2D eigenvalue weighted by Gasteiger charge is -2.20. The zero-order valence-electron chi connectivity index (χ0n) is 16.1. The van der Waals surface area contributed by atoms with E-state index in [1.165, 1.54) is 21.8 Å². The topological polar surface area (TPSA) is 66.1 Å². The van der Waals surface area contributed by atoms with Crippen molar-refractivity contribution in [2.75, 3.05) is 12.3 Å². The summed E-state index contributed by atoms with van der Waals surface area (Å²) < 4.78 is 0.744. The Kier molecular flexibility index (Phi) is 6.63. The summed E-state index contributed by atoms with van der Waals surface area (Å²) in [7, 11) is 0. The van der Waals surface area contributed by atoms with Gasteiger partial charge in [-0.05, 0) is 43.9 Å². The number of aryl methyl sites for hydroxylation is 2. The average Bonchev–Trinajstić information content (AvgIpc) is 3.38. The van der Waals surface area contributed by atoms with Crippen LogP contribution in [0.4, 0.5) is 0 Å². The molecule has 0 unspecified atom stereocenters. The number of hydrogen-bond acceptors (Lipinski definition) is 6. The van der Waals surface area contributed by atoms with Crippen molar-refractivity contribution in [3.8, 4) is 0 Å². The van der Waals surface area contributed by atoms with Crippen LogP contribution in [-0.2, 0) is 29.9 Å². The zero-order valence-corrected chi connectivity index (χ0v) is 19.3. The number of rotatable bonds is 8. The van der Waals surface area contributed by atoms with Gasteiger partial charge in [0, 0.05) is 28.5 Å². The number of fused-ring (bicyclic) bond motifs is 3. The fraction of sp³-hybridized carbons (Fsp3) is 0.450. The van der Waals surface area contributed by atoms with Gasteiger partial charge in [0.1, 0.15) is 10.7 Å². The van der Waals surface area contributed by atoms with E-state index in [2.05, 4.69) is 9.97 Å². The zero-order chi connectivity index (χ0) is 20.4. The summed E-state index contributed by atoms with van der Waals surface area (Å²) >= 11 is 10.8. The molecule has 0 bridgehead atoms. The molecule has 0 aromatic carbocycles. The fourth-order valence-corrected chi connectivity index (χ4v) is 6.78. The molecule has 1 aliphatic rings. The van der Waals surface area contributed by atoms with Crippen LogP contribution in [-0.4, -0.2) is 33.1 Å². The van der Waals surface area contributed by atoms with Crippen molar-refractivity contribution in [2.45, 2.75) is 44.9 Å². The quantitative estimate of drug-likeness (QED) is 0.480. The summed E-state index contributed by atoms with van der Waals surface area (Å²) in [6.45, 7) is 3.27. The maximum Gasteiger partial charge on any atom is 0.259 e. The van der Waals surface area contributed by atoms with Gasteiger partial charge in [-0.15, -0.1) is 22.7 Å². The van der Waals surface area contributed by atoms with Gasteiger partial charge in [-0.2, -0.15) is 11.8 Å². The summed E-state index contributed by atoms with van der Waals surface area (Å²) in [6, 6.07) is 3.83. The molecular weight excluding hydrogens is 446 g/mol. The van der Waals surface area contributed by atoms with Gasteiger partial charge in [-0.3, -0.25) is 9.59 Å². The van der Waals surface area contributed by atoms with E-state index in [4.69, 9.17) is 11.6 Å². The number of carbonyl (C=O) groups excluding carboxylic acids is 1. The predicted octanol–water partition coefficient (Wildman–Crippen LogP) is 4.86. The van der Waals surface area contributed by atoms with Gasteiger partial charge in [0.15, 0.2) is 0 Å². The number of hydrogen-bond donors (Lipinski definition) is 1. The number of nitrogens with zero attached hydrogens (tertiary/aromatic N) is 2. The summed E-state index contributed by atoms with van der Waals surface area (Å²) in [5.41, 5.74) is 1.18. The first kappa shape index (κ1) is 20.9. The molecule has 29 heavy (non-hydrogen) atoms. The molecule has 3 aromatic rings. The number of H-pyrrole nitrogens is 1. The number of nitrogens with one attached hydrogen (secondary N) is 1. The summed E-state index contributed by atoms with van der Waals surface area (Å²) in [5.74, 6) is 2.13. The van der Waals surface area contributed by atoms with E-state index < -0.39 is 0 Å². The van der Waals surface area contributed by atoms with Gasteiger partial charge in [0.2, 0.25) is 5.91 Å². The maximum absolute atomic E-state index is 12.5. The molecule has 1 N–H and O–H groups in total. The van der Waals surface area contributed by atoms with Crippen LogP contribution in [0.5, 0.6) is 0 Å². The predicted molar refractivity (Wildman–Crippen MR) is 123 cm³/mol. The van der Waals surface area contributed by atoms with Crippen LogP contribution in [0.1, 0.15) is 40.9 Å². The SMILES string of the molecule is CCN(Cc1ccc(Cl)s1)C(=O)CCSCc1nc2sc3c(c2c(=O)[nH]1)CCC3. The minimum Gasteiger partial charge on any atom is -0.338 e. The minimum atomic E-state index is -0.0205. The molecular formula is C20H22ClN3O2S3. The third-order valence-corrected chi connectivity index (χ3v) is 8.41. The number of thioether (sulfide) groups is 1. The average molecular weight is 468 g/mol. The monoisotopic (exact) mass is 467 g/mol. The van der Waals surface area contributed by atoms with Crippen LogP contribution in [0.25, 0.3) is 10.2 Å². The van der Waals surface area contributed by atoms with Crippen LogP contribution < -0.4 is 5.56 Å². The van der Waals surface area contributed by atoms with Crippen molar-refractivity contribution in [3.63, 3.8) is 0 Å². The highest BCUT2D eigenvalue weighted by molar-refractivity contribution is 7.98. The number of amides is 1. The molecule has 5 nitrogen and oxygen atoms in total. The lowest BCUT2D eigenvalue weighted by molar-refractivity contribution is -0.131. The highest BCUT2D eigenvalue weighted by atomic mass is 35.5. The van der Waals surface area contributed by atoms with Gasteiger partial charge in [0.25, 0.3) is 5.56 Å². The molecule has 0 aliphatic heterocycles. The summed E-state index contributed by atoms with van der Waals surface area (Å²) in [5, 5.41) is 0.790. The van der Waals surface area contributed by atoms with Crippen molar-refractivity contribution in [3.05, 3.63) is 48.0 Å². The smallest absolute Gasteiger partial charge is 0.259 e. The molecule has 1 aliphatic carbocycles. The number of aromatic nitrogens is 2. The normalized spacial score (nSPS) is 13.2. The molecule has 3 aromatic heterocycles. The fourth-order valence-electron chi connectivity index (χ4n) is 3.60. The Balaban J connectivity index is 1.31. The molecule has 9 heteroatoms. The lowest BCUT2D eigenvalue weighted by Crippen LogP contribution is -2.30. The molecule has 154 valence electrons. The number of halogens is 1. The molecule has 0 saturated carbocycles. The third kappa shape index (κ3) is 4.71. The van der Waals surface area contributed by atoms with Gasteiger partial charge in [-0.1, -0.05) is 11.6 Å². The van der Waals surface area contributed by atoms with E-state index in [1.807, 2.05) is 24.0 Å². The van der Waals surface area contributed by atoms with Crippen molar-refractivity contribution >= 4 is 62.2 Å². The first-order valence-electron chi connectivity index (χ1n) is 9.68. The van der Waals surface area contributed by atoms with Crippen LogP contribution >= 0.6 is 46.0 Å². The molecule has 0 radical (unpaired) electrons. The summed E-state index contributed by atoms with van der Waals surface area (Å²) in [6.07, 6.45) is 3.66. The second kappa shape index (κ2) is 9.20. The number of thiophene rings is 2. The Bertz CT molecular complexity index is 1090. The molecule has 4 rings (SSSR count). The Morgan fingerprint density at radius 1 is 1.34 bits per heavy atom. The van der Waals surface area contributed by atoms with E-state index in [1.54, 1.807) is 23.1 Å². The Hall–Kier alpha value is -1.35. The van der Waals surface area contributed by atoms with Crippen LogP contribution in [0, 0.1) is 0 Å². The van der Waals surface area contributed by atoms with Gasteiger partial charge in [-0.25, -0.2) is 4.98 Å². The molecule has 1 amide bonds. The molecule has 0 atom stereocenters.